The minimum absolute atomic E-state index is 0.0604. The largest absolute Gasteiger partial charge is 0.396 e. The molecular weight excluding hydrogens is 380 g/mol. The second kappa shape index (κ2) is 8.34. The van der Waals surface area contributed by atoms with Crippen LogP contribution in [0.25, 0.3) is 21.8 Å². The fraction of sp³-hybridized carbons (Fsp3) is 0.174. The Bertz CT molecular complexity index is 1230. The van der Waals surface area contributed by atoms with Crippen molar-refractivity contribution < 1.29 is 14.7 Å². The highest BCUT2D eigenvalue weighted by atomic mass is 16.3. The van der Waals surface area contributed by atoms with E-state index in [4.69, 9.17) is 10.8 Å². The van der Waals surface area contributed by atoms with E-state index in [0.717, 1.165) is 16.3 Å². The number of para-hydroxylation sites is 2. The molecule has 1 atom stereocenters. The number of amides is 2. The summed E-state index contributed by atoms with van der Waals surface area (Å²) in [6.45, 7) is -0.275. The molecule has 0 saturated heterocycles. The van der Waals surface area contributed by atoms with Crippen molar-refractivity contribution in [3.8, 4) is 0 Å². The van der Waals surface area contributed by atoms with Gasteiger partial charge < -0.3 is 10.8 Å². The first-order valence-corrected chi connectivity index (χ1v) is 9.71. The van der Waals surface area contributed by atoms with Crippen molar-refractivity contribution in [1.82, 2.24) is 9.55 Å². The fourth-order valence-electron chi connectivity index (χ4n) is 3.65. The number of hydrogen-bond donors (Lipinski definition) is 3. The minimum atomic E-state index is -0.747. The summed E-state index contributed by atoms with van der Waals surface area (Å²) >= 11 is 0. The highest BCUT2D eigenvalue weighted by Crippen LogP contribution is 2.28. The van der Waals surface area contributed by atoms with Gasteiger partial charge >= 0.3 is 0 Å². The molecule has 0 fully saturated rings. The third kappa shape index (κ3) is 3.88. The van der Waals surface area contributed by atoms with Gasteiger partial charge in [-0.3, -0.25) is 19.5 Å². The molecule has 0 aliphatic heterocycles. The summed E-state index contributed by atoms with van der Waals surface area (Å²) in [4.78, 5) is 29.1. The summed E-state index contributed by atoms with van der Waals surface area (Å²) in [6, 6.07) is 20.6. The van der Waals surface area contributed by atoms with Crippen LogP contribution in [-0.2, 0) is 16.0 Å². The lowest BCUT2D eigenvalue weighted by molar-refractivity contribution is -0.121. The number of hydrogen-bond acceptors (Lipinski definition) is 4. The van der Waals surface area contributed by atoms with E-state index in [1.807, 2.05) is 66.7 Å². The number of anilines is 1. The van der Waals surface area contributed by atoms with Crippen LogP contribution in [-0.4, -0.2) is 33.1 Å². The van der Waals surface area contributed by atoms with E-state index in [0.29, 0.717) is 17.5 Å². The molecule has 30 heavy (non-hydrogen) atoms. The molecule has 4 aromatic rings. The molecule has 0 bridgehead atoms. The molecule has 3 aromatic carbocycles. The molecule has 152 valence electrons. The number of carbonyl (C=O) groups is 2. The van der Waals surface area contributed by atoms with Gasteiger partial charge in [0, 0.05) is 6.42 Å². The van der Waals surface area contributed by atoms with Crippen LogP contribution in [0.2, 0.25) is 0 Å². The van der Waals surface area contributed by atoms with Crippen LogP contribution in [0.15, 0.2) is 66.7 Å². The topological polar surface area (TPSA) is 110 Å². The van der Waals surface area contributed by atoms with Crippen molar-refractivity contribution in [2.75, 3.05) is 11.9 Å². The van der Waals surface area contributed by atoms with Gasteiger partial charge in [0.15, 0.2) is 0 Å². The zero-order valence-electron chi connectivity index (χ0n) is 16.3. The van der Waals surface area contributed by atoms with Crippen LogP contribution in [0.3, 0.4) is 0 Å². The maximum absolute atomic E-state index is 12.5. The summed E-state index contributed by atoms with van der Waals surface area (Å²) in [6.07, 6.45) is 0.290. The third-order valence-corrected chi connectivity index (χ3v) is 5.07. The number of nitrogens with zero attached hydrogens (tertiary/aromatic N) is 2. The Balaban J connectivity index is 1.77. The van der Waals surface area contributed by atoms with Gasteiger partial charge in [-0.25, -0.2) is 4.98 Å². The lowest BCUT2D eigenvalue weighted by Crippen LogP contribution is -2.30. The fourth-order valence-corrected chi connectivity index (χ4v) is 3.65. The van der Waals surface area contributed by atoms with E-state index in [9.17, 15) is 9.59 Å². The van der Waals surface area contributed by atoms with E-state index in [2.05, 4.69) is 10.3 Å². The normalized spacial score (nSPS) is 12.2. The van der Waals surface area contributed by atoms with E-state index in [1.165, 1.54) is 0 Å². The lowest BCUT2D eigenvalue weighted by Gasteiger charge is -2.19. The summed E-state index contributed by atoms with van der Waals surface area (Å²) in [5.41, 5.74) is 8.08. The first-order valence-electron chi connectivity index (χ1n) is 9.71. The zero-order valence-corrected chi connectivity index (χ0v) is 16.3. The van der Waals surface area contributed by atoms with Crippen molar-refractivity contribution >= 4 is 39.6 Å². The van der Waals surface area contributed by atoms with Gasteiger partial charge in [0.2, 0.25) is 17.8 Å². The Kier molecular flexibility index (Phi) is 5.45. The Labute approximate surface area is 173 Å². The summed E-state index contributed by atoms with van der Waals surface area (Å²) in [7, 11) is 0. The van der Waals surface area contributed by atoms with E-state index < -0.39 is 11.9 Å². The predicted octanol–water partition coefficient (Wildman–Crippen LogP) is 2.78. The number of nitrogens with two attached hydrogens (primary N) is 1. The molecule has 0 radical (unpaired) electrons. The second-order valence-corrected chi connectivity index (χ2v) is 7.12. The lowest BCUT2D eigenvalue weighted by atomic mass is 10.0. The molecule has 1 aromatic heterocycles. The van der Waals surface area contributed by atoms with Gasteiger partial charge in [-0.05, 0) is 28.5 Å². The number of benzene rings is 3. The van der Waals surface area contributed by atoms with Gasteiger partial charge in [-0.2, -0.15) is 0 Å². The average Bonchev–Trinajstić information content (AvgIpc) is 3.09. The Morgan fingerprint density at radius 2 is 1.77 bits per heavy atom. The Morgan fingerprint density at radius 3 is 2.53 bits per heavy atom. The van der Waals surface area contributed by atoms with Crippen LogP contribution in [0, 0.1) is 0 Å². The van der Waals surface area contributed by atoms with Crippen molar-refractivity contribution in [2.24, 2.45) is 5.73 Å². The second-order valence-electron chi connectivity index (χ2n) is 7.12. The average molecular weight is 402 g/mol. The van der Waals surface area contributed by atoms with Crippen molar-refractivity contribution in [1.29, 1.82) is 0 Å². The monoisotopic (exact) mass is 402 g/mol. The van der Waals surface area contributed by atoms with E-state index in [-0.39, 0.29) is 24.9 Å². The molecule has 7 nitrogen and oxygen atoms in total. The predicted molar refractivity (Wildman–Crippen MR) is 116 cm³/mol. The molecule has 7 heteroatoms. The first-order chi connectivity index (χ1) is 14.6. The summed E-state index contributed by atoms with van der Waals surface area (Å²) in [5.74, 6) is -0.675. The van der Waals surface area contributed by atoms with Gasteiger partial charge in [0.05, 0.1) is 24.1 Å². The number of aliphatic hydroxyl groups excluding tert-OH is 1. The smallest absolute Gasteiger partial charge is 0.240 e. The number of primary amides is 1. The van der Waals surface area contributed by atoms with Crippen LogP contribution in [0.4, 0.5) is 5.95 Å². The number of carbonyl (C=O) groups excluding carboxylic acids is 2. The SMILES string of the molecule is NC(=O)C(Cc1ccc2ccccc2c1)n1c(NC(=O)CCO)nc2ccccc21. The van der Waals surface area contributed by atoms with E-state index in [1.54, 1.807) is 4.57 Å². The minimum Gasteiger partial charge on any atom is -0.396 e. The van der Waals surface area contributed by atoms with Crippen LogP contribution in [0.5, 0.6) is 0 Å². The van der Waals surface area contributed by atoms with Crippen LogP contribution >= 0.6 is 0 Å². The van der Waals surface area contributed by atoms with E-state index >= 15 is 0 Å². The Hall–Kier alpha value is -3.71. The molecule has 0 aliphatic carbocycles. The molecule has 4 N–H and O–H groups in total. The van der Waals surface area contributed by atoms with Crippen molar-refractivity contribution in [3.63, 3.8) is 0 Å². The number of aliphatic hydroxyl groups is 1. The molecule has 1 unspecified atom stereocenters. The zero-order chi connectivity index (χ0) is 21.1. The Morgan fingerprint density at radius 1 is 1.03 bits per heavy atom. The standard InChI is InChI=1S/C23H22N4O3/c24-22(30)20(14-15-9-10-16-5-1-2-6-17(16)13-15)27-19-8-4-3-7-18(19)25-23(27)26-21(29)11-12-28/h1-10,13,20,28H,11-12,14H2,(H2,24,30)(H,25,26,29). The summed E-state index contributed by atoms with van der Waals surface area (Å²) < 4.78 is 1.67. The van der Waals surface area contributed by atoms with Gasteiger partial charge in [-0.15, -0.1) is 0 Å². The summed E-state index contributed by atoms with van der Waals surface area (Å²) in [5, 5.41) is 13.9. The highest BCUT2D eigenvalue weighted by molar-refractivity contribution is 5.93. The number of nitrogens with one attached hydrogen (secondary N) is 1. The van der Waals surface area contributed by atoms with Gasteiger partial charge in [0.1, 0.15) is 6.04 Å². The molecular formula is C23H22N4O3. The quantitative estimate of drug-likeness (QED) is 0.441. The molecule has 0 saturated carbocycles. The highest BCUT2D eigenvalue weighted by Gasteiger charge is 2.25. The number of aromatic nitrogens is 2. The number of rotatable bonds is 7. The van der Waals surface area contributed by atoms with Gasteiger partial charge in [-0.1, -0.05) is 54.6 Å². The molecule has 4 rings (SSSR count). The molecule has 1 heterocycles. The maximum atomic E-state index is 12.5. The van der Waals surface area contributed by atoms with Crippen LogP contribution < -0.4 is 11.1 Å². The maximum Gasteiger partial charge on any atom is 0.240 e. The third-order valence-electron chi connectivity index (χ3n) is 5.07. The van der Waals surface area contributed by atoms with Crippen LogP contribution in [0.1, 0.15) is 18.0 Å². The molecule has 2 amide bonds. The number of fused-ring (bicyclic) bond motifs is 2. The van der Waals surface area contributed by atoms with Gasteiger partial charge in [0.25, 0.3) is 0 Å². The van der Waals surface area contributed by atoms with Crippen molar-refractivity contribution in [3.05, 3.63) is 72.3 Å². The van der Waals surface area contributed by atoms with Crippen molar-refractivity contribution in [2.45, 2.75) is 18.9 Å². The number of imidazole rings is 1. The molecule has 0 spiro atoms. The molecule has 0 aliphatic rings. The first kappa shape index (κ1) is 19.6.